The molecule has 0 saturated carbocycles. The number of carbonyl (C=O) groups excluding carboxylic acids is 1. The summed E-state index contributed by atoms with van der Waals surface area (Å²) in [6, 6.07) is 22.5. The number of likely N-dealkylation sites (N-methyl/N-ethyl adjacent to an activating group) is 1. The first-order valence-corrected chi connectivity index (χ1v) is 9.92. The molecule has 0 bridgehead atoms. The number of benzene rings is 3. The van der Waals surface area contributed by atoms with Gasteiger partial charge in [-0.25, -0.2) is 4.39 Å². The Morgan fingerprint density at radius 1 is 1.10 bits per heavy atom. The lowest BCUT2D eigenvalue weighted by molar-refractivity contribution is -0.130. The molecule has 0 spiro atoms. The number of anilines is 1. The van der Waals surface area contributed by atoms with Gasteiger partial charge in [-0.2, -0.15) is 5.26 Å². The molecular weight excluding hydrogens is 393 g/mol. The Bertz CT molecular complexity index is 1080. The number of carbonyl (C=O) groups is 1. The maximum absolute atomic E-state index is 13.3. The van der Waals surface area contributed by atoms with Gasteiger partial charge in [-0.15, -0.1) is 0 Å². The van der Waals surface area contributed by atoms with Crippen LogP contribution in [0.15, 0.2) is 72.8 Å². The first-order valence-electron chi connectivity index (χ1n) is 9.92. The fourth-order valence-electron chi connectivity index (χ4n) is 3.17. The average Bonchev–Trinajstić information content (AvgIpc) is 2.78. The van der Waals surface area contributed by atoms with Crippen LogP contribution in [0.2, 0.25) is 0 Å². The molecule has 5 nitrogen and oxygen atoms in total. The lowest BCUT2D eigenvalue weighted by Crippen LogP contribution is -2.38. The molecule has 3 aromatic carbocycles. The molecule has 1 N–H and O–H groups in total. The summed E-state index contributed by atoms with van der Waals surface area (Å²) in [5.41, 5.74) is 3.05. The second-order valence-electron chi connectivity index (χ2n) is 7.32. The van der Waals surface area contributed by atoms with E-state index in [2.05, 4.69) is 11.4 Å². The number of ether oxygens (including phenoxy) is 1. The van der Waals surface area contributed by atoms with Gasteiger partial charge in [0, 0.05) is 19.3 Å². The van der Waals surface area contributed by atoms with E-state index in [0.717, 1.165) is 16.8 Å². The van der Waals surface area contributed by atoms with Gasteiger partial charge in [0.15, 0.2) is 0 Å². The molecule has 0 saturated heterocycles. The Hall–Kier alpha value is -3.85. The van der Waals surface area contributed by atoms with E-state index in [1.807, 2.05) is 36.4 Å². The van der Waals surface area contributed by atoms with E-state index in [9.17, 15) is 9.18 Å². The molecule has 1 amide bonds. The summed E-state index contributed by atoms with van der Waals surface area (Å²) in [7, 11) is 1.70. The SMILES string of the molecule is CC(Nc1ccc(OCc2cccc(C#N)c2)cc1)C(=O)N(C)Cc1cccc(F)c1. The van der Waals surface area contributed by atoms with E-state index in [4.69, 9.17) is 10.00 Å². The third-order valence-corrected chi connectivity index (χ3v) is 4.75. The zero-order valence-corrected chi connectivity index (χ0v) is 17.5. The van der Waals surface area contributed by atoms with Crippen LogP contribution in [0.5, 0.6) is 5.75 Å². The number of hydrogen-bond acceptors (Lipinski definition) is 4. The predicted octanol–water partition coefficient (Wildman–Crippen LogP) is 4.74. The summed E-state index contributed by atoms with van der Waals surface area (Å²) in [5.74, 6) is 0.279. The molecule has 0 heterocycles. The summed E-state index contributed by atoms with van der Waals surface area (Å²) < 4.78 is 19.1. The molecule has 158 valence electrons. The van der Waals surface area contributed by atoms with Gasteiger partial charge in [0.1, 0.15) is 24.2 Å². The molecule has 3 rings (SSSR count). The number of rotatable bonds is 8. The van der Waals surface area contributed by atoms with Crippen LogP contribution in [0.3, 0.4) is 0 Å². The van der Waals surface area contributed by atoms with Crippen LogP contribution in [0, 0.1) is 17.1 Å². The van der Waals surface area contributed by atoms with Crippen LogP contribution < -0.4 is 10.1 Å². The van der Waals surface area contributed by atoms with Crippen molar-refractivity contribution in [2.24, 2.45) is 0 Å². The lowest BCUT2D eigenvalue weighted by Gasteiger charge is -2.23. The van der Waals surface area contributed by atoms with E-state index in [1.54, 1.807) is 43.1 Å². The first-order chi connectivity index (χ1) is 14.9. The standard InChI is InChI=1S/C25H24FN3O2/c1-18(25(30)29(2)16-20-6-4-8-22(26)14-20)28-23-9-11-24(12-10-23)31-17-21-7-3-5-19(13-21)15-27/h3-14,18,28H,16-17H2,1-2H3. The first kappa shape index (κ1) is 21.8. The van der Waals surface area contributed by atoms with Gasteiger partial charge in [-0.05, 0) is 66.6 Å². The maximum atomic E-state index is 13.3. The minimum Gasteiger partial charge on any atom is -0.489 e. The Balaban J connectivity index is 1.52. The molecule has 0 aliphatic rings. The number of hydrogen-bond donors (Lipinski definition) is 1. The fraction of sp³-hybridized carbons (Fsp3) is 0.200. The Kier molecular flexibility index (Phi) is 7.23. The van der Waals surface area contributed by atoms with Gasteiger partial charge < -0.3 is 15.0 Å². The number of nitrogens with zero attached hydrogens (tertiary/aromatic N) is 2. The topological polar surface area (TPSA) is 65.4 Å². The van der Waals surface area contributed by atoms with Crippen molar-refractivity contribution in [3.63, 3.8) is 0 Å². The summed E-state index contributed by atoms with van der Waals surface area (Å²) in [6.07, 6.45) is 0. The minimum absolute atomic E-state index is 0.0954. The van der Waals surface area contributed by atoms with Gasteiger partial charge >= 0.3 is 0 Å². The van der Waals surface area contributed by atoms with Crippen molar-refractivity contribution in [1.29, 1.82) is 5.26 Å². The van der Waals surface area contributed by atoms with Gasteiger partial charge in [0.2, 0.25) is 5.91 Å². The molecule has 6 heteroatoms. The van der Waals surface area contributed by atoms with Crippen molar-refractivity contribution in [2.75, 3.05) is 12.4 Å². The van der Waals surface area contributed by atoms with Crippen molar-refractivity contribution in [3.8, 4) is 11.8 Å². The number of nitriles is 1. The molecule has 0 radical (unpaired) electrons. The van der Waals surface area contributed by atoms with E-state index >= 15 is 0 Å². The summed E-state index contributed by atoms with van der Waals surface area (Å²) in [4.78, 5) is 14.2. The zero-order chi connectivity index (χ0) is 22.2. The van der Waals surface area contributed by atoms with Gasteiger partial charge in [0.25, 0.3) is 0 Å². The molecule has 0 aliphatic carbocycles. The van der Waals surface area contributed by atoms with Crippen LogP contribution in [-0.2, 0) is 17.9 Å². The monoisotopic (exact) mass is 417 g/mol. The zero-order valence-electron chi connectivity index (χ0n) is 17.5. The van der Waals surface area contributed by atoms with Crippen molar-refractivity contribution >= 4 is 11.6 Å². The fourth-order valence-corrected chi connectivity index (χ4v) is 3.17. The average molecular weight is 417 g/mol. The van der Waals surface area contributed by atoms with E-state index in [0.29, 0.717) is 24.5 Å². The second-order valence-corrected chi connectivity index (χ2v) is 7.32. The molecule has 0 aliphatic heterocycles. The molecule has 0 aromatic heterocycles. The normalized spacial score (nSPS) is 11.3. The molecule has 1 unspecified atom stereocenters. The summed E-state index contributed by atoms with van der Waals surface area (Å²) in [5, 5.41) is 12.1. The van der Waals surface area contributed by atoms with Crippen molar-refractivity contribution in [2.45, 2.75) is 26.1 Å². The molecule has 0 fully saturated rings. The highest BCUT2D eigenvalue weighted by molar-refractivity contribution is 5.84. The number of nitrogens with one attached hydrogen (secondary N) is 1. The predicted molar refractivity (Wildman–Crippen MR) is 118 cm³/mol. The van der Waals surface area contributed by atoms with Gasteiger partial charge in [-0.1, -0.05) is 24.3 Å². The van der Waals surface area contributed by atoms with Crippen LogP contribution in [0.25, 0.3) is 0 Å². The molecular formula is C25H24FN3O2. The molecule has 3 aromatic rings. The van der Waals surface area contributed by atoms with Crippen molar-refractivity contribution < 1.29 is 13.9 Å². The third-order valence-electron chi connectivity index (χ3n) is 4.75. The number of halogens is 1. The van der Waals surface area contributed by atoms with E-state index in [1.165, 1.54) is 12.1 Å². The van der Waals surface area contributed by atoms with Gasteiger partial charge in [0.05, 0.1) is 11.6 Å². The quantitative estimate of drug-likeness (QED) is 0.575. The molecule has 31 heavy (non-hydrogen) atoms. The maximum Gasteiger partial charge on any atom is 0.244 e. The number of amides is 1. The summed E-state index contributed by atoms with van der Waals surface area (Å²) in [6.45, 7) is 2.49. The Labute approximate surface area is 181 Å². The Morgan fingerprint density at radius 3 is 2.52 bits per heavy atom. The highest BCUT2D eigenvalue weighted by Crippen LogP contribution is 2.18. The third kappa shape index (κ3) is 6.31. The van der Waals surface area contributed by atoms with Crippen LogP contribution in [0.1, 0.15) is 23.6 Å². The van der Waals surface area contributed by atoms with Gasteiger partial charge in [-0.3, -0.25) is 4.79 Å². The smallest absolute Gasteiger partial charge is 0.244 e. The van der Waals surface area contributed by atoms with Crippen LogP contribution >= 0.6 is 0 Å². The largest absolute Gasteiger partial charge is 0.489 e. The van der Waals surface area contributed by atoms with E-state index < -0.39 is 6.04 Å². The van der Waals surface area contributed by atoms with Crippen LogP contribution in [0.4, 0.5) is 10.1 Å². The van der Waals surface area contributed by atoms with E-state index in [-0.39, 0.29) is 11.7 Å². The highest BCUT2D eigenvalue weighted by atomic mass is 19.1. The highest BCUT2D eigenvalue weighted by Gasteiger charge is 2.17. The molecule has 1 atom stereocenters. The van der Waals surface area contributed by atoms with Crippen molar-refractivity contribution in [3.05, 3.63) is 95.3 Å². The Morgan fingerprint density at radius 2 is 1.81 bits per heavy atom. The minimum atomic E-state index is -0.445. The summed E-state index contributed by atoms with van der Waals surface area (Å²) >= 11 is 0. The van der Waals surface area contributed by atoms with Crippen LogP contribution in [-0.4, -0.2) is 23.9 Å². The second kappa shape index (κ2) is 10.3. The lowest BCUT2D eigenvalue weighted by atomic mass is 10.1. The van der Waals surface area contributed by atoms with Crippen molar-refractivity contribution in [1.82, 2.24) is 4.90 Å².